The SMILES string of the molecule is CC1CN(c2cc3c(cc2F)c(=O)c(C(=O)O)cn3-c2ccc(F)cc2F)CCN1.CC[C@@H](CO)NCCN[C@@H](CC)CO.CO[C@H]1/C=C/O[C@@]2(C)Oc3c(C)c(O)c4c(O)c(c(/C=N\N5CCN(C)CC5)c(O)c4c3C2=O)NC(=O)/C(C)=C\C=C\[C@H](C)[C@H](O)[C@@H](C)[C@@H](O)[C@@H](C)[C@H](OC(C)=O)[C@@H]1C. The van der Waals surface area contributed by atoms with Crippen molar-refractivity contribution < 1.29 is 92.1 Å². The molecule has 1 unspecified atom stereocenters. The first-order valence-corrected chi connectivity index (χ1v) is 34.6. The third-order valence-electron chi connectivity index (χ3n) is 19.5. The monoisotopic (exact) mass is 1440 g/mol. The van der Waals surface area contributed by atoms with Crippen molar-refractivity contribution in [2.45, 2.75) is 137 Å². The predicted molar refractivity (Wildman–Crippen MR) is 385 cm³/mol. The maximum atomic E-state index is 14.9. The molecule has 103 heavy (non-hydrogen) atoms. The molecule has 10 rings (SSSR count). The van der Waals surface area contributed by atoms with Gasteiger partial charge in [0.2, 0.25) is 5.43 Å². The first-order valence-electron chi connectivity index (χ1n) is 34.6. The molecule has 26 nitrogen and oxygen atoms in total. The Morgan fingerprint density at radius 2 is 1.48 bits per heavy atom. The molecular weight excluding hydrogens is 1340 g/mol. The molecule has 0 radical (unpaired) electrons. The molecule has 5 aliphatic rings. The van der Waals surface area contributed by atoms with Gasteiger partial charge in [0.15, 0.2) is 5.75 Å². The number of halogens is 3. The number of carbonyl (C=O) groups excluding carboxylic acids is 3. The zero-order valence-corrected chi connectivity index (χ0v) is 60.6. The van der Waals surface area contributed by atoms with Gasteiger partial charge in [0, 0.05) is 156 Å². The highest BCUT2D eigenvalue weighted by molar-refractivity contribution is 6.24. The first-order chi connectivity index (χ1) is 48.8. The van der Waals surface area contributed by atoms with Gasteiger partial charge in [-0.1, -0.05) is 59.8 Å². The van der Waals surface area contributed by atoms with Crippen LogP contribution in [0.15, 0.2) is 82.6 Å². The number of hydrogen-bond donors (Lipinski definition) is 12. The van der Waals surface area contributed by atoms with Gasteiger partial charge in [0.1, 0.15) is 46.4 Å². The number of benzene rings is 4. The molecule has 0 spiro atoms. The number of likely N-dealkylation sites (N-methyl/N-ethyl adjacent to an activating group) is 1. The molecule has 0 saturated carbocycles. The van der Waals surface area contributed by atoms with Crippen molar-refractivity contribution in [1.29, 1.82) is 0 Å². The van der Waals surface area contributed by atoms with Gasteiger partial charge in [0.25, 0.3) is 11.7 Å². The maximum absolute atomic E-state index is 14.9. The molecule has 12 N–H and O–H groups in total. The lowest BCUT2D eigenvalue weighted by Gasteiger charge is -2.38. The number of phenols is 3. The number of aromatic nitrogens is 1. The van der Waals surface area contributed by atoms with E-state index in [1.807, 2.05) is 27.8 Å². The van der Waals surface area contributed by atoms with Gasteiger partial charge in [-0.3, -0.25) is 24.2 Å². The number of Topliss-reactive ketones (excluding diaryl/α,β-unsaturated/α-hetero) is 1. The summed E-state index contributed by atoms with van der Waals surface area (Å²) in [6.07, 6.45) is 7.71. The Balaban J connectivity index is 0.000000277. The van der Waals surface area contributed by atoms with Crippen LogP contribution in [0.2, 0.25) is 0 Å². The Morgan fingerprint density at radius 3 is 2.06 bits per heavy atom. The van der Waals surface area contributed by atoms with Gasteiger partial charge in [-0.25, -0.2) is 18.0 Å². The summed E-state index contributed by atoms with van der Waals surface area (Å²) in [5.41, 5.74) is -1.69. The van der Waals surface area contributed by atoms with Gasteiger partial charge in [-0.15, -0.1) is 0 Å². The molecule has 4 aromatic carbocycles. The number of methoxy groups -OCH3 is 1. The van der Waals surface area contributed by atoms with E-state index in [1.165, 1.54) is 65.5 Å². The third kappa shape index (κ3) is 19.0. The number of aliphatic hydroxyl groups excluding tert-OH is 4. The Kier molecular flexibility index (Phi) is 28.7. The molecule has 6 heterocycles. The minimum atomic E-state index is -2.04. The van der Waals surface area contributed by atoms with Crippen LogP contribution in [0.4, 0.5) is 24.5 Å². The van der Waals surface area contributed by atoms with E-state index >= 15 is 0 Å². The molecule has 564 valence electrons. The average Bonchev–Trinajstić information content (AvgIpc) is 1.63. The van der Waals surface area contributed by atoms with Crippen molar-refractivity contribution in [3.05, 3.63) is 123 Å². The fourth-order valence-corrected chi connectivity index (χ4v) is 12.9. The number of aromatic carboxylic acids is 1. The zero-order chi connectivity index (χ0) is 76.1. The number of hydrogen-bond acceptors (Lipinski definition) is 23. The van der Waals surface area contributed by atoms with E-state index in [-0.39, 0.29) is 98.1 Å². The van der Waals surface area contributed by atoms with Crippen LogP contribution in [0.5, 0.6) is 23.0 Å². The number of phenolic OH excluding ortho intramolecular Hbond substituents is 3. The molecule has 0 aliphatic carbocycles. The summed E-state index contributed by atoms with van der Waals surface area (Å²) >= 11 is 0. The molecule has 5 aliphatic heterocycles. The van der Waals surface area contributed by atoms with E-state index in [1.54, 1.807) is 49.8 Å². The zero-order valence-electron chi connectivity index (χ0n) is 60.6. The Hall–Kier alpha value is -8.65. The van der Waals surface area contributed by atoms with E-state index in [9.17, 15) is 67.8 Å². The molecule has 2 saturated heterocycles. The third-order valence-corrected chi connectivity index (χ3v) is 19.5. The van der Waals surface area contributed by atoms with Gasteiger partial charge in [-0.05, 0) is 71.0 Å². The second-order valence-electron chi connectivity index (χ2n) is 26.9. The lowest BCUT2D eigenvalue weighted by Crippen LogP contribution is -2.49. The van der Waals surface area contributed by atoms with Crippen LogP contribution in [0.3, 0.4) is 0 Å². The molecule has 1 aromatic heterocycles. The van der Waals surface area contributed by atoms with Crippen LogP contribution in [0.1, 0.15) is 114 Å². The maximum Gasteiger partial charge on any atom is 0.341 e. The number of aromatic hydroxyl groups is 3. The summed E-state index contributed by atoms with van der Waals surface area (Å²) in [7, 11) is 3.42. The van der Waals surface area contributed by atoms with Crippen LogP contribution in [0.25, 0.3) is 27.4 Å². The number of carboxylic acid groups (broad SMARTS) is 1. The number of rotatable bonds is 16. The summed E-state index contributed by atoms with van der Waals surface area (Å²) in [6.45, 7) is 24.8. The van der Waals surface area contributed by atoms with Gasteiger partial charge in [-0.2, -0.15) is 5.10 Å². The number of allylic oxidation sites excluding steroid dienone is 2. The number of hydrazone groups is 1. The van der Waals surface area contributed by atoms with Crippen molar-refractivity contribution in [2.75, 3.05) is 96.5 Å². The minimum Gasteiger partial charge on any atom is -0.507 e. The molecule has 12 atom stereocenters. The number of ketones is 1. The van der Waals surface area contributed by atoms with E-state index in [0.717, 1.165) is 68.0 Å². The lowest BCUT2D eigenvalue weighted by molar-refractivity contribution is -0.160. The summed E-state index contributed by atoms with van der Waals surface area (Å²) in [5, 5.41) is 104. The normalized spacial score (nSPS) is 25.4. The van der Waals surface area contributed by atoms with Gasteiger partial charge >= 0.3 is 17.7 Å². The number of pyridine rings is 1. The number of carboxylic acids is 1. The van der Waals surface area contributed by atoms with Crippen molar-refractivity contribution in [3.8, 4) is 28.7 Å². The number of amides is 1. The molecule has 2 fully saturated rings. The number of anilines is 2. The van der Waals surface area contributed by atoms with Gasteiger partial charge in [0.05, 0.1) is 83.1 Å². The number of esters is 1. The smallest absolute Gasteiger partial charge is 0.341 e. The first kappa shape index (κ1) is 81.6. The highest BCUT2D eigenvalue weighted by atomic mass is 19.1. The van der Waals surface area contributed by atoms with E-state index in [2.05, 4.69) is 31.3 Å². The van der Waals surface area contributed by atoms with Crippen LogP contribution in [-0.4, -0.2) is 220 Å². The van der Waals surface area contributed by atoms with Crippen LogP contribution >= 0.6 is 0 Å². The fraction of sp³-hybridized carbons (Fsp3) is 0.514. The number of nitrogens with zero attached hydrogens (tertiary/aromatic N) is 5. The largest absolute Gasteiger partial charge is 0.507 e. The van der Waals surface area contributed by atoms with Crippen molar-refractivity contribution in [3.63, 3.8) is 0 Å². The average molecular weight is 1440 g/mol. The summed E-state index contributed by atoms with van der Waals surface area (Å²) in [4.78, 5) is 68.6. The highest BCUT2D eigenvalue weighted by Gasteiger charge is 2.50. The topological polar surface area (TPSA) is 359 Å². The second-order valence-corrected chi connectivity index (χ2v) is 26.9. The van der Waals surface area contributed by atoms with Crippen molar-refractivity contribution in [2.24, 2.45) is 28.8 Å². The standard InChI is InChI=1S/C43H58N4O12.C21H18F3N3O3.C10H24N2O2/c1-21-12-11-13-22(2)42(55)45-33-28(20-44-47-17-15-46(9)16-18-47)37(52)30-31(38(33)53)36(51)26(6)40-32(30)41(54)43(8,59-40)57-19-14-29(56-10)23(3)39(58-27(7)48)25(5)35(50)24(4)34(21)49;1-11-9-26(5-4-25-11)19-8-18-13(7-16(19)24)20(28)14(21(29)30)10-27(18)17-3-2-12(22)6-15(17)23;1-3-9(7-13)11-5-6-12-10(4-2)8-14/h11-14,19-21,23-25,29,34-35,39,49-53H,15-18H2,1-10H3,(H,45,55);2-3,6-8,10-11,25H,4-5,9H2,1H3,(H,29,30);9-14H,3-8H2,1-2H3/b12-11+,19-14+,22-13-,44-20-;;/t21-,23+,24+,25+,29-,34-,35+,39+,43-;;9-,10-/m0.0/s1. The quantitative estimate of drug-likeness (QED) is 0.0156. The predicted octanol–water partition coefficient (Wildman–Crippen LogP) is 6.95. The van der Waals surface area contributed by atoms with Crippen LogP contribution in [0, 0.1) is 48.0 Å². The molecule has 5 aromatic rings. The number of ether oxygens (including phenoxy) is 4. The number of fused-ring (bicyclic) bond motifs is 15. The fourth-order valence-electron chi connectivity index (χ4n) is 12.9. The highest BCUT2D eigenvalue weighted by Crippen LogP contribution is 2.55. The number of aliphatic hydroxyl groups is 4. The van der Waals surface area contributed by atoms with Gasteiger partial charge < -0.3 is 95.4 Å². The summed E-state index contributed by atoms with van der Waals surface area (Å²) in [6, 6.07) is 5.70. The van der Waals surface area contributed by atoms with E-state index < -0.39 is 123 Å². The minimum absolute atomic E-state index is 0.0559. The summed E-state index contributed by atoms with van der Waals surface area (Å²) < 4.78 is 67.6. The van der Waals surface area contributed by atoms with Crippen LogP contribution in [-0.2, 0) is 23.8 Å². The number of piperazine rings is 2. The molecule has 5 bridgehead atoms. The Bertz CT molecular complexity index is 4030. The Morgan fingerprint density at radius 1 is 0.835 bits per heavy atom. The molecule has 1 amide bonds. The van der Waals surface area contributed by atoms with Crippen LogP contribution < -0.4 is 36.3 Å². The molecular formula is C74H100F3N9O17. The molecule has 29 heteroatoms. The van der Waals surface area contributed by atoms with E-state index in [4.69, 9.17) is 29.2 Å². The van der Waals surface area contributed by atoms with E-state index in [0.29, 0.717) is 38.8 Å². The lowest BCUT2D eigenvalue weighted by atomic mass is 9.78. The summed E-state index contributed by atoms with van der Waals surface area (Å²) in [5.74, 6) is -12.3. The second kappa shape index (κ2) is 36.2. The van der Waals surface area contributed by atoms with Crippen molar-refractivity contribution >= 4 is 62.9 Å². The van der Waals surface area contributed by atoms with Crippen molar-refractivity contribution in [1.82, 2.24) is 30.4 Å². The Labute approximate surface area is 597 Å². The number of nitrogens with one attached hydrogen (secondary N) is 4. The number of carbonyl (C=O) groups is 4.